The van der Waals surface area contributed by atoms with Crippen LogP contribution >= 0.6 is 0 Å². The number of nitriles is 1. The molecule has 2 aromatic rings. The zero-order chi connectivity index (χ0) is 13.7. The van der Waals surface area contributed by atoms with Crippen LogP contribution in [0.5, 0.6) is 0 Å². The van der Waals surface area contributed by atoms with E-state index < -0.39 is 0 Å². The molecule has 0 bridgehead atoms. The van der Waals surface area contributed by atoms with Crippen LogP contribution in [0, 0.1) is 11.3 Å². The lowest BCUT2D eigenvalue weighted by Crippen LogP contribution is -2.27. The molecule has 0 saturated heterocycles. The Balaban J connectivity index is 1.87. The van der Waals surface area contributed by atoms with Gasteiger partial charge in [0.15, 0.2) is 5.78 Å². The Labute approximate surface area is 111 Å². The van der Waals surface area contributed by atoms with E-state index in [0.717, 1.165) is 24.0 Å². The highest BCUT2D eigenvalue weighted by atomic mass is 16.1. The molecular formula is C14H16N4O. The molecule has 5 nitrogen and oxygen atoms in total. The fourth-order valence-electron chi connectivity index (χ4n) is 1.98. The number of benzene rings is 1. The first-order valence-electron chi connectivity index (χ1n) is 6.18. The van der Waals surface area contributed by atoms with Crippen molar-refractivity contribution in [2.45, 2.75) is 12.8 Å². The van der Waals surface area contributed by atoms with Gasteiger partial charge in [-0.3, -0.25) is 9.69 Å². The van der Waals surface area contributed by atoms with Gasteiger partial charge in [-0.05, 0) is 31.2 Å². The average Bonchev–Trinajstić information content (AvgIpc) is 2.83. The maximum absolute atomic E-state index is 11.3. The van der Waals surface area contributed by atoms with Gasteiger partial charge in [0, 0.05) is 6.54 Å². The Bertz CT molecular complexity index is 611. The second-order valence-corrected chi connectivity index (χ2v) is 4.62. The number of H-pyrrole nitrogens is 1. The number of nitrogens with one attached hydrogen (secondary N) is 1. The van der Waals surface area contributed by atoms with Gasteiger partial charge in [-0.25, -0.2) is 4.98 Å². The minimum Gasteiger partial charge on any atom is -0.345 e. The van der Waals surface area contributed by atoms with Crippen LogP contribution in [-0.2, 0) is 11.2 Å². The molecule has 0 saturated carbocycles. The fraction of sp³-hybridized carbons (Fsp3) is 0.357. The smallest absolute Gasteiger partial charge is 0.160 e. The summed E-state index contributed by atoms with van der Waals surface area (Å²) < 4.78 is 0. The molecule has 1 aromatic carbocycles. The molecule has 0 amide bonds. The van der Waals surface area contributed by atoms with Gasteiger partial charge < -0.3 is 4.98 Å². The summed E-state index contributed by atoms with van der Waals surface area (Å²) in [5.74, 6) is -0.0333. The molecule has 0 spiro atoms. The van der Waals surface area contributed by atoms with Gasteiger partial charge in [0.2, 0.25) is 0 Å². The van der Waals surface area contributed by atoms with Crippen LogP contribution in [0.4, 0.5) is 0 Å². The summed E-state index contributed by atoms with van der Waals surface area (Å²) in [6.07, 6.45) is 2.54. The van der Waals surface area contributed by atoms with Gasteiger partial charge in [-0.15, -0.1) is 0 Å². The Morgan fingerprint density at radius 3 is 3.16 bits per heavy atom. The van der Waals surface area contributed by atoms with Gasteiger partial charge >= 0.3 is 0 Å². The molecular weight excluding hydrogens is 240 g/mol. The molecule has 0 atom stereocenters. The van der Waals surface area contributed by atoms with Gasteiger partial charge in [0.25, 0.3) is 0 Å². The quantitative estimate of drug-likeness (QED) is 0.850. The molecule has 1 N–H and O–H groups in total. The van der Waals surface area contributed by atoms with Crippen LogP contribution in [-0.4, -0.2) is 40.8 Å². The average molecular weight is 256 g/mol. The third-order valence-corrected chi connectivity index (χ3v) is 2.99. The number of imidazole rings is 1. The second-order valence-electron chi connectivity index (χ2n) is 4.62. The molecule has 19 heavy (non-hydrogen) atoms. The number of Topliss-reactive ketones (excluding diaryl/α,β-unsaturated/α-hetero) is 1. The van der Waals surface area contributed by atoms with Crippen molar-refractivity contribution in [1.29, 1.82) is 5.26 Å². The number of aromatic nitrogens is 2. The third kappa shape index (κ3) is 3.63. The number of hydrogen-bond donors (Lipinski definition) is 1. The van der Waals surface area contributed by atoms with E-state index in [1.54, 1.807) is 6.33 Å². The van der Waals surface area contributed by atoms with Crippen LogP contribution in [0.15, 0.2) is 24.5 Å². The first-order valence-corrected chi connectivity index (χ1v) is 6.18. The molecule has 0 unspecified atom stereocenters. The molecule has 0 radical (unpaired) electrons. The van der Waals surface area contributed by atoms with Crippen molar-refractivity contribution < 1.29 is 4.79 Å². The highest BCUT2D eigenvalue weighted by Crippen LogP contribution is 2.12. The van der Waals surface area contributed by atoms with E-state index in [-0.39, 0.29) is 12.2 Å². The lowest BCUT2D eigenvalue weighted by atomic mass is 10.1. The Morgan fingerprint density at radius 1 is 1.53 bits per heavy atom. The van der Waals surface area contributed by atoms with Crippen LogP contribution in [0.1, 0.15) is 12.0 Å². The zero-order valence-corrected chi connectivity index (χ0v) is 10.9. The number of ketones is 1. The standard InChI is InChI=1S/C14H16N4O/c1-18(9-12(19)4-6-15)7-5-11-2-3-13-14(8-11)17-10-16-13/h2-3,8,10H,4-5,7,9H2,1H3,(H,16,17). The molecule has 0 aliphatic heterocycles. The molecule has 0 aliphatic rings. The van der Waals surface area contributed by atoms with E-state index in [1.807, 2.05) is 30.1 Å². The normalized spacial score (nSPS) is 10.8. The molecule has 5 heteroatoms. The number of rotatable bonds is 6. The number of fused-ring (bicyclic) bond motifs is 1. The van der Waals surface area contributed by atoms with Crippen LogP contribution < -0.4 is 0 Å². The van der Waals surface area contributed by atoms with E-state index in [9.17, 15) is 4.79 Å². The molecule has 1 heterocycles. The van der Waals surface area contributed by atoms with E-state index in [2.05, 4.69) is 16.0 Å². The summed E-state index contributed by atoms with van der Waals surface area (Å²) in [6, 6.07) is 7.99. The molecule has 2 rings (SSSR count). The number of nitrogens with zero attached hydrogens (tertiary/aromatic N) is 3. The molecule has 0 fully saturated rings. The minimum atomic E-state index is -0.0333. The Morgan fingerprint density at radius 2 is 2.37 bits per heavy atom. The van der Waals surface area contributed by atoms with Crippen molar-refractivity contribution in [3.05, 3.63) is 30.1 Å². The fourth-order valence-corrected chi connectivity index (χ4v) is 1.98. The first kappa shape index (κ1) is 13.2. The number of hydrogen-bond acceptors (Lipinski definition) is 4. The largest absolute Gasteiger partial charge is 0.345 e. The van der Waals surface area contributed by atoms with Crippen molar-refractivity contribution in [2.75, 3.05) is 20.1 Å². The number of carbonyl (C=O) groups is 1. The van der Waals surface area contributed by atoms with Gasteiger partial charge in [-0.2, -0.15) is 5.26 Å². The topological polar surface area (TPSA) is 72.8 Å². The van der Waals surface area contributed by atoms with Crippen molar-refractivity contribution >= 4 is 16.8 Å². The summed E-state index contributed by atoms with van der Waals surface area (Å²) >= 11 is 0. The predicted octanol–water partition coefficient (Wildman–Crippen LogP) is 1.52. The monoisotopic (exact) mass is 256 g/mol. The van der Waals surface area contributed by atoms with Crippen LogP contribution in [0.25, 0.3) is 11.0 Å². The molecule has 98 valence electrons. The van der Waals surface area contributed by atoms with Gasteiger partial charge in [0.05, 0.1) is 36.4 Å². The number of aromatic amines is 1. The van der Waals surface area contributed by atoms with Crippen LogP contribution in [0.3, 0.4) is 0 Å². The highest BCUT2D eigenvalue weighted by Gasteiger charge is 2.06. The molecule has 0 aliphatic carbocycles. The van der Waals surface area contributed by atoms with E-state index in [4.69, 9.17) is 5.26 Å². The Kier molecular flexibility index (Phi) is 4.26. The molecule has 1 aromatic heterocycles. The summed E-state index contributed by atoms with van der Waals surface area (Å²) in [5, 5.41) is 8.44. The van der Waals surface area contributed by atoms with Gasteiger partial charge in [-0.1, -0.05) is 6.07 Å². The Hall–Kier alpha value is -2.19. The van der Waals surface area contributed by atoms with Gasteiger partial charge in [0.1, 0.15) is 0 Å². The summed E-state index contributed by atoms with van der Waals surface area (Å²) in [6.45, 7) is 1.12. The zero-order valence-electron chi connectivity index (χ0n) is 10.9. The van der Waals surface area contributed by atoms with E-state index >= 15 is 0 Å². The third-order valence-electron chi connectivity index (χ3n) is 2.99. The van der Waals surface area contributed by atoms with Crippen molar-refractivity contribution in [3.8, 4) is 6.07 Å². The van der Waals surface area contributed by atoms with Crippen molar-refractivity contribution in [1.82, 2.24) is 14.9 Å². The van der Waals surface area contributed by atoms with Crippen LogP contribution in [0.2, 0.25) is 0 Å². The summed E-state index contributed by atoms with van der Waals surface area (Å²) in [7, 11) is 1.89. The summed E-state index contributed by atoms with van der Waals surface area (Å²) in [4.78, 5) is 20.5. The van der Waals surface area contributed by atoms with E-state index in [0.29, 0.717) is 6.54 Å². The first-order chi connectivity index (χ1) is 9.19. The number of likely N-dealkylation sites (N-methyl/N-ethyl adjacent to an activating group) is 1. The maximum atomic E-state index is 11.3. The summed E-state index contributed by atoms with van der Waals surface area (Å²) in [5.41, 5.74) is 3.19. The second kappa shape index (κ2) is 6.12. The maximum Gasteiger partial charge on any atom is 0.160 e. The minimum absolute atomic E-state index is 0.00948. The van der Waals surface area contributed by atoms with Crippen molar-refractivity contribution in [3.63, 3.8) is 0 Å². The highest BCUT2D eigenvalue weighted by molar-refractivity contribution is 5.82. The SMILES string of the molecule is CN(CCc1ccc2nc[nH]c2c1)CC(=O)CC#N. The lowest BCUT2D eigenvalue weighted by Gasteiger charge is -2.14. The lowest BCUT2D eigenvalue weighted by molar-refractivity contribution is -0.118. The van der Waals surface area contributed by atoms with Crippen molar-refractivity contribution in [2.24, 2.45) is 0 Å². The predicted molar refractivity (Wildman–Crippen MR) is 72.5 cm³/mol. The number of carbonyl (C=O) groups excluding carboxylic acids is 1. The van der Waals surface area contributed by atoms with E-state index in [1.165, 1.54) is 5.56 Å².